The normalized spacial score (nSPS) is 17.3. The Kier molecular flexibility index (Phi) is 8.91. The van der Waals surface area contributed by atoms with Crippen molar-refractivity contribution in [3.63, 3.8) is 0 Å². The van der Waals surface area contributed by atoms with Gasteiger partial charge in [-0.25, -0.2) is 4.79 Å². The highest BCUT2D eigenvalue weighted by Crippen LogP contribution is 2.29. The summed E-state index contributed by atoms with van der Waals surface area (Å²) in [7, 11) is 0. The van der Waals surface area contributed by atoms with Gasteiger partial charge in [0.25, 0.3) is 5.88 Å². The molecule has 30 heavy (non-hydrogen) atoms. The number of nitrogens with one attached hydrogen (secondary N) is 1. The minimum atomic E-state index is -0.638. The zero-order chi connectivity index (χ0) is 22.1. The Hall–Kier alpha value is -2.33. The van der Waals surface area contributed by atoms with E-state index in [1.165, 1.54) is 0 Å². The molecule has 0 aliphatic carbocycles. The average Bonchev–Trinajstić information content (AvgIpc) is 3.19. The SMILES string of the molecule is C#CCC(C(=O)ONC(C)(C)C)C(C#C)[C@H](C)COc1nsnc1N1CCOCC1. The Morgan fingerprint density at radius 3 is 2.63 bits per heavy atom. The molecule has 0 amide bonds. The Morgan fingerprint density at radius 1 is 1.33 bits per heavy atom. The Morgan fingerprint density at radius 2 is 2.03 bits per heavy atom. The van der Waals surface area contributed by atoms with Crippen LogP contribution in [0, 0.1) is 42.4 Å². The number of rotatable bonds is 9. The molecule has 8 nitrogen and oxygen atoms in total. The van der Waals surface area contributed by atoms with Crippen molar-refractivity contribution in [2.75, 3.05) is 37.8 Å². The third-order valence-corrected chi connectivity index (χ3v) is 5.08. The van der Waals surface area contributed by atoms with Crippen LogP contribution >= 0.6 is 11.7 Å². The molecule has 1 aromatic heterocycles. The lowest BCUT2D eigenvalue weighted by atomic mass is 9.81. The number of terminal acetylenes is 2. The number of hydrogen-bond acceptors (Lipinski definition) is 9. The minimum Gasteiger partial charge on any atom is -0.474 e. The van der Waals surface area contributed by atoms with Gasteiger partial charge in [-0.05, 0) is 20.8 Å². The first-order valence-electron chi connectivity index (χ1n) is 9.92. The molecule has 1 saturated heterocycles. The van der Waals surface area contributed by atoms with E-state index in [4.69, 9.17) is 27.2 Å². The smallest absolute Gasteiger partial charge is 0.330 e. The maximum Gasteiger partial charge on any atom is 0.330 e. The van der Waals surface area contributed by atoms with Gasteiger partial charge in [-0.2, -0.15) is 4.37 Å². The molecule has 1 aromatic rings. The minimum absolute atomic E-state index is 0.158. The molecule has 2 rings (SSSR count). The zero-order valence-corrected chi connectivity index (χ0v) is 18.8. The van der Waals surface area contributed by atoms with Crippen molar-refractivity contribution in [3.8, 4) is 30.6 Å². The lowest BCUT2D eigenvalue weighted by Gasteiger charge is -2.28. The first-order chi connectivity index (χ1) is 14.3. The van der Waals surface area contributed by atoms with E-state index >= 15 is 0 Å². The third-order valence-electron chi connectivity index (χ3n) is 4.57. The van der Waals surface area contributed by atoms with E-state index in [2.05, 4.69) is 31.0 Å². The summed E-state index contributed by atoms with van der Waals surface area (Å²) in [5.74, 6) is 4.70. The summed E-state index contributed by atoms with van der Waals surface area (Å²) < 4.78 is 19.9. The molecule has 1 aliphatic rings. The molecule has 0 radical (unpaired) electrons. The second-order valence-corrected chi connectivity index (χ2v) is 8.79. The molecule has 1 N–H and O–H groups in total. The van der Waals surface area contributed by atoms with Crippen LogP contribution in [0.25, 0.3) is 0 Å². The number of aromatic nitrogens is 2. The van der Waals surface area contributed by atoms with Gasteiger partial charge in [0.1, 0.15) is 0 Å². The van der Waals surface area contributed by atoms with Crippen LogP contribution in [0.4, 0.5) is 5.82 Å². The molecule has 0 saturated carbocycles. The molecule has 0 aromatic carbocycles. The number of nitrogens with zero attached hydrogens (tertiary/aromatic N) is 3. The molecule has 1 aliphatic heterocycles. The van der Waals surface area contributed by atoms with Gasteiger partial charge < -0.3 is 19.2 Å². The first-order valence-corrected chi connectivity index (χ1v) is 10.7. The number of carbonyl (C=O) groups is 1. The molecule has 0 spiro atoms. The van der Waals surface area contributed by atoms with Crippen LogP contribution in [-0.2, 0) is 14.4 Å². The largest absolute Gasteiger partial charge is 0.474 e. The molecule has 3 atom stereocenters. The van der Waals surface area contributed by atoms with E-state index in [-0.39, 0.29) is 24.5 Å². The summed E-state index contributed by atoms with van der Waals surface area (Å²) in [6.45, 7) is 10.6. The number of carbonyl (C=O) groups excluding carboxylic acids is 1. The summed E-state index contributed by atoms with van der Waals surface area (Å²) in [6.07, 6.45) is 11.4. The van der Waals surface area contributed by atoms with Crippen LogP contribution in [0.3, 0.4) is 0 Å². The predicted molar refractivity (Wildman–Crippen MR) is 116 cm³/mol. The lowest BCUT2D eigenvalue weighted by molar-refractivity contribution is -0.162. The number of ether oxygens (including phenoxy) is 2. The topological polar surface area (TPSA) is 85.8 Å². The Bertz CT molecular complexity index is 771. The van der Waals surface area contributed by atoms with E-state index in [0.29, 0.717) is 24.9 Å². The second kappa shape index (κ2) is 11.2. The predicted octanol–water partition coefficient (Wildman–Crippen LogP) is 2.12. The number of hydrogen-bond donors (Lipinski definition) is 1. The van der Waals surface area contributed by atoms with Crippen LogP contribution in [0.1, 0.15) is 34.1 Å². The van der Waals surface area contributed by atoms with Gasteiger partial charge in [0.15, 0.2) is 0 Å². The molecule has 1 fully saturated rings. The standard InChI is InChI=1S/C21H30N4O4S/c1-7-9-17(20(26)29-24-21(4,5)6)16(8-2)15(3)14-28-19-18(22-30-23-19)25-10-12-27-13-11-25/h1-2,15-17,24H,9-14H2,3-6H3/t15-,16?,17?/m1/s1. The fourth-order valence-corrected chi connectivity index (χ4v) is 3.51. The summed E-state index contributed by atoms with van der Waals surface area (Å²) in [5.41, 5.74) is 2.34. The van der Waals surface area contributed by atoms with E-state index in [0.717, 1.165) is 24.8 Å². The second-order valence-electron chi connectivity index (χ2n) is 8.26. The van der Waals surface area contributed by atoms with Gasteiger partial charge in [0.05, 0.1) is 37.5 Å². The third kappa shape index (κ3) is 6.88. The quantitative estimate of drug-likeness (QED) is 0.467. The van der Waals surface area contributed by atoms with Crippen molar-refractivity contribution in [1.29, 1.82) is 0 Å². The molecule has 2 heterocycles. The van der Waals surface area contributed by atoms with Crippen molar-refractivity contribution in [3.05, 3.63) is 0 Å². The fourth-order valence-electron chi connectivity index (χ4n) is 2.99. The van der Waals surface area contributed by atoms with Crippen molar-refractivity contribution in [2.45, 2.75) is 39.7 Å². The highest BCUT2D eigenvalue weighted by molar-refractivity contribution is 6.99. The van der Waals surface area contributed by atoms with Crippen molar-refractivity contribution < 1.29 is 19.1 Å². The van der Waals surface area contributed by atoms with Crippen molar-refractivity contribution in [2.24, 2.45) is 17.8 Å². The van der Waals surface area contributed by atoms with Crippen molar-refractivity contribution in [1.82, 2.24) is 14.2 Å². The Balaban J connectivity index is 2.01. The highest BCUT2D eigenvalue weighted by atomic mass is 32.1. The monoisotopic (exact) mass is 434 g/mol. The lowest BCUT2D eigenvalue weighted by Crippen LogP contribution is -2.41. The molecule has 0 bridgehead atoms. The average molecular weight is 435 g/mol. The van der Waals surface area contributed by atoms with Crippen LogP contribution in [0.15, 0.2) is 0 Å². The molecule has 2 unspecified atom stereocenters. The highest BCUT2D eigenvalue weighted by Gasteiger charge is 2.33. The van der Waals surface area contributed by atoms with E-state index in [1.54, 1.807) is 0 Å². The summed E-state index contributed by atoms with van der Waals surface area (Å²) in [6, 6.07) is 0. The number of morpholine rings is 1. The van der Waals surface area contributed by atoms with E-state index in [9.17, 15) is 4.79 Å². The summed E-state index contributed by atoms with van der Waals surface area (Å²) in [5, 5.41) is 0. The maximum absolute atomic E-state index is 12.6. The Labute approximate surface area is 182 Å². The maximum atomic E-state index is 12.6. The zero-order valence-electron chi connectivity index (χ0n) is 18.0. The van der Waals surface area contributed by atoms with E-state index < -0.39 is 17.8 Å². The van der Waals surface area contributed by atoms with Gasteiger partial charge in [0, 0.05) is 36.9 Å². The fraction of sp³-hybridized carbons (Fsp3) is 0.667. The van der Waals surface area contributed by atoms with Gasteiger partial charge >= 0.3 is 5.97 Å². The van der Waals surface area contributed by atoms with Crippen LogP contribution < -0.4 is 15.1 Å². The van der Waals surface area contributed by atoms with Crippen LogP contribution in [0.2, 0.25) is 0 Å². The molecular formula is C21H30N4O4S. The molecular weight excluding hydrogens is 404 g/mol. The van der Waals surface area contributed by atoms with Gasteiger partial charge in [0.2, 0.25) is 5.82 Å². The van der Waals surface area contributed by atoms with Gasteiger partial charge in [-0.15, -0.1) is 34.5 Å². The van der Waals surface area contributed by atoms with E-state index in [1.807, 2.05) is 27.7 Å². The summed E-state index contributed by atoms with van der Waals surface area (Å²) >= 11 is 1.10. The van der Waals surface area contributed by atoms with Crippen molar-refractivity contribution >= 4 is 23.5 Å². The van der Waals surface area contributed by atoms with Gasteiger partial charge in [-0.1, -0.05) is 6.92 Å². The first kappa shape index (κ1) is 23.9. The summed E-state index contributed by atoms with van der Waals surface area (Å²) in [4.78, 5) is 20.0. The molecule has 9 heteroatoms. The van der Waals surface area contributed by atoms with Crippen LogP contribution in [-0.4, -0.2) is 53.2 Å². The van der Waals surface area contributed by atoms with Gasteiger partial charge in [-0.3, -0.25) is 0 Å². The number of hydroxylamine groups is 1. The molecule has 164 valence electrons. The number of anilines is 1. The van der Waals surface area contributed by atoms with Crippen LogP contribution in [0.5, 0.6) is 5.88 Å².